The molecule has 2 rings (SSSR count). The summed E-state index contributed by atoms with van der Waals surface area (Å²) in [5.74, 6) is 0. The number of nitrogens with zero attached hydrogens (tertiary/aromatic N) is 1. The quantitative estimate of drug-likeness (QED) is 0.744. The van der Waals surface area contributed by atoms with Crippen LogP contribution in [-0.4, -0.2) is 9.85 Å². The number of benzene rings is 1. The van der Waals surface area contributed by atoms with Crippen LogP contribution in [0.1, 0.15) is 11.3 Å². The highest BCUT2D eigenvalue weighted by molar-refractivity contribution is 7.80. The summed E-state index contributed by atoms with van der Waals surface area (Å²) in [6.07, 6.45) is 3.44. The highest BCUT2D eigenvalue weighted by atomic mass is 32.1. The fraction of sp³-hybridized carbons (Fsp3) is 0.143. The van der Waals surface area contributed by atoms with Gasteiger partial charge in [-0.2, -0.15) is 0 Å². The van der Waals surface area contributed by atoms with Crippen molar-refractivity contribution >= 4 is 17.1 Å². The van der Waals surface area contributed by atoms with E-state index in [0.717, 1.165) is 23.4 Å². The molecule has 0 saturated carbocycles. The lowest BCUT2D eigenvalue weighted by molar-refractivity contribution is 1.13. The van der Waals surface area contributed by atoms with Gasteiger partial charge in [0.1, 0.15) is 0 Å². The van der Waals surface area contributed by atoms with E-state index in [4.69, 9.17) is 12.2 Å². The molecule has 1 heterocycles. The molecule has 1 aromatic heterocycles. The van der Waals surface area contributed by atoms with Gasteiger partial charge in [-0.05, 0) is 17.7 Å². The summed E-state index contributed by atoms with van der Waals surface area (Å²) in [7, 11) is 0. The standard InChI is InChI=1S/C14H13NS/c16-14(10-12-6-2-1-3-7-12)11-13-8-4-5-9-15-13/h1-9H,10-11H2. The molecule has 0 bridgehead atoms. The van der Waals surface area contributed by atoms with Crippen molar-refractivity contribution < 1.29 is 0 Å². The van der Waals surface area contributed by atoms with Crippen LogP contribution in [0.4, 0.5) is 0 Å². The molecule has 2 heteroatoms. The van der Waals surface area contributed by atoms with Gasteiger partial charge in [-0.15, -0.1) is 0 Å². The Labute approximate surface area is 101 Å². The van der Waals surface area contributed by atoms with Gasteiger partial charge in [-0.25, -0.2) is 0 Å². The summed E-state index contributed by atoms with van der Waals surface area (Å²) in [5, 5.41) is 0. The van der Waals surface area contributed by atoms with Crippen LogP contribution in [0.3, 0.4) is 0 Å². The van der Waals surface area contributed by atoms with Gasteiger partial charge >= 0.3 is 0 Å². The Hall–Kier alpha value is -1.54. The minimum Gasteiger partial charge on any atom is -0.261 e. The average Bonchev–Trinajstić information content (AvgIpc) is 2.31. The summed E-state index contributed by atoms with van der Waals surface area (Å²) in [6, 6.07) is 16.2. The van der Waals surface area contributed by atoms with Crippen LogP contribution in [-0.2, 0) is 12.8 Å². The Morgan fingerprint density at radius 3 is 2.38 bits per heavy atom. The van der Waals surface area contributed by atoms with Crippen molar-refractivity contribution in [2.24, 2.45) is 0 Å². The third-order valence-corrected chi connectivity index (χ3v) is 2.64. The first kappa shape index (κ1) is 11.0. The molecule has 0 amide bonds. The van der Waals surface area contributed by atoms with Gasteiger partial charge in [-0.3, -0.25) is 4.98 Å². The average molecular weight is 227 g/mol. The maximum Gasteiger partial charge on any atom is 0.0452 e. The van der Waals surface area contributed by atoms with E-state index in [2.05, 4.69) is 17.1 Å². The second-order valence-electron chi connectivity index (χ2n) is 3.70. The number of rotatable bonds is 4. The SMILES string of the molecule is S=C(Cc1ccccc1)Cc1ccccn1. The Balaban J connectivity index is 1.95. The van der Waals surface area contributed by atoms with Crippen LogP contribution in [0.25, 0.3) is 0 Å². The molecule has 0 aliphatic carbocycles. The molecule has 0 atom stereocenters. The lowest BCUT2D eigenvalue weighted by atomic mass is 10.1. The Morgan fingerprint density at radius 2 is 1.69 bits per heavy atom. The van der Waals surface area contributed by atoms with Gasteiger partial charge in [-0.1, -0.05) is 48.6 Å². The highest BCUT2D eigenvalue weighted by Gasteiger charge is 2.01. The van der Waals surface area contributed by atoms with Gasteiger partial charge in [0.15, 0.2) is 0 Å². The van der Waals surface area contributed by atoms with Crippen LogP contribution in [0.15, 0.2) is 54.7 Å². The molecule has 80 valence electrons. The fourth-order valence-corrected chi connectivity index (χ4v) is 1.91. The molecular formula is C14H13NS. The third-order valence-electron chi connectivity index (χ3n) is 2.35. The minimum atomic E-state index is 0.783. The minimum absolute atomic E-state index is 0.783. The summed E-state index contributed by atoms with van der Waals surface area (Å²) in [6.45, 7) is 0. The zero-order chi connectivity index (χ0) is 11.2. The Morgan fingerprint density at radius 1 is 0.938 bits per heavy atom. The van der Waals surface area contributed by atoms with Gasteiger partial charge in [0, 0.05) is 29.6 Å². The molecule has 16 heavy (non-hydrogen) atoms. The van der Waals surface area contributed by atoms with Crippen LogP contribution in [0.5, 0.6) is 0 Å². The summed E-state index contributed by atoms with van der Waals surface area (Å²) in [4.78, 5) is 5.31. The van der Waals surface area contributed by atoms with Gasteiger partial charge in [0.25, 0.3) is 0 Å². The largest absolute Gasteiger partial charge is 0.261 e. The summed E-state index contributed by atoms with van der Waals surface area (Å²) < 4.78 is 0. The van der Waals surface area contributed by atoms with Gasteiger partial charge in [0.05, 0.1) is 0 Å². The van der Waals surface area contributed by atoms with Crippen molar-refractivity contribution in [3.63, 3.8) is 0 Å². The molecule has 1 nitrogen and oxygen atoms in total. The van der Waals surface area contributed by atoms with Crippen molar-refractivity contribution in [1.82, 2.24) is 4.98 Å². The third kappa shape index (κ3) is 3.24. The zero-order valence-electron chi connectivity index (χ0n) is 8.97. The number of pyridine rings is 1. The van der Waals surface area contributed by atoms with E-state index in [9.17, 15) is 0 Å². The van der Waals surface area contributed by atoms with E-state index >= 15 is 0 Å². The number of thiocarbonyl (C=S) groups is 1. The smallest absolute Gasteiger partial charge is 0.0452 e. The van der Waals surface area contributed by atoms with Crippen molar-refractivity contribution in [2.75, 3.05) is 0 Å². The maximum absolute atomic E-state index is 5.38. The molecule has 0 fully saturated rings. The Kier molecular flexibility index (Phi) is 3.78. The predicted octanol–water partition coefficient (Wildman–Crippen LogP) is 3.24. The second-order valence-corrected chi connectivity index (χ2v) is 4.28. The van der Waals surface area contributed by atoms with E-state index in [1.165, 1.54) is 5.56 Å². The maximum atomic E-state index is 5.38. The van der Waals surface area contributed by atoms with Crippen LogP contribution >= 0.6 is 12.2 Å². The molecule has 0 unspecified atom stereocenters. The second kappa shape index (κ2) is 5.52. The highest BCUT2D eigenvalue weighted by Crippen LogP contribution is 2.05. The first-order chi connectivity index (χ1) is 7.84. The fourth-order valence-electron chi connectivity index (χ4n) is 1.59. The van der Waals surface area contributed by atoms with E-state index < -0.39 is 0 Å². The zero-order valence-corrected chi connectivity index (χ0v) is 9.78. The van der Waals surface area contributed by atoms with Crippen molar-refractivity contribution in [3.8, 4) is 0 Å². The molecule has 0 saturated heterocycles. The number of aromatic nitrogens is 1. The van der Waals surface area contributed by atoms with Crippen LogP contribution < -0.4 is 0 Å². The topological polar surface area (TPSA) is 12.9 Å². The summed E-state index contributed by atoms with van der Waals surface area (Å²) in [5.41, 5.74) is 2.31. The normalized spacial score (nSPS) is 10.0. The lowest BCUT2D eigenvalue weighted by Crippen LogP contribution is -2.05. The number of hydrogen-bond acceptors (Lipinski definition) is 2. The lowest BCUT2D eigenvalue weighted by Gasteiger charge is -2.03. The predicted molar refractivity (Wildman–Crippen MR) is 70.7 cm³/mol. The van der Waals surface area contributed by atoms with E-state index in [1.54, 1.807) is 6.20 Å². The first-order valence-corrected chi connectivity index (χ1v) is 5.71. The molecule has 1 aromatic carbocycles. The number of hydrogen-bond donors (Lipinski definition) is 0. The van der Waals surface area contributed by atoms with E-state index in [1.807, 2.05) is 36.4 Å². The molecule has 2 aromatic rings. The summed E-state index contributed by atoms with van der Waals surface area (Å²) >= 11 is 5.38. The molecular weight excluding hydrogens is 214 g/mol. The van der Waals surface area contributed by atoms with Crippen molar-refractivity contribution in [3.05, 3.63) is 66.0 Å². The monoisotopic (exact) mass is 227 g/mol. The first-order valence-electron chi connectivity index (χ1n) is 5.30. The van der Waals surface area contributed by atoms with E-state index in [0.29, 0.717) is 0 Å². The van der Waals surface area contributed by atoms with Crippen molar-refractivity contribution in [1.29, 1.82) is 0 Å². The molecule has 0 aliphatic rings. The molecule has 0 spiro atoms. The molecule has 0 aliphatic heterocycles. The molecule has 0 radical (unpaired) electrons. The van der Waals surface area contributed by atoms with Crippen LogP contribution in [0, 0.1) is 0 Å². The van der Waals surface area contributed by atoms with Crippen LogP contribution in [0.2, 0.25) is 0 Å². The van der Waals surface area contributed by atoms with Gasteiger partial charge in [0.2, 0.25) is 0 Å². The molecule has 0 N–H and O–H groups in total. The van der Waals surface area contributed by atoms with E-state index in [-0.39, 0.29) is 0 Å². The van der Waals surface area contributed by atoms with Crippen molar-refractivity contribution in [2.45, 2.75) is 12.8 Å². The van der Waals surface area contributed by atoms with Gasteiger partial charge < -0.3 is 0 Å². The Bertz CT molecular complexity index is 407.